The van der Waals surface area contributed by atoms with Gasteiger partial charge in [0.25, 0.3) is 0 Å². The van der Waals surface area contributed by atoms with Crippen molar-refractivity contribution < 1.29 is 23.9 Å². The zero-order chi connectivity index (χ0) is 27.5. The highest BCUT2D eigenvalue weighted by Crippen LogP contribution is 2.13. The fourth-order valence-corrected chi connectivity index (χ4v) is 2.77. The van der Waals surface area contributed by atoms with Gasteiger partial charge in [-0.15, -0.1) is 0 Å². The third-order valence-corrected chi connectivity index (χ3v) is 4.48. The van der Waals surface area contributed by atoms with E-state index in [4.69, 9.17) is 20.9 Å². The standard InChI is InChI=1S/C14H22N2O2.C13H18N2O3/c1-14(2,3)18-13(17)16(4)10-9-11-5-7-12(15)8-6-11;1-13(2,3)18-12(17)15(9-16)8-10-5-4-6-11(14)7-10/h5-8H,9-10,15H2,1-4H3;4-7,9H,8,14H2,1-3H3. The van der Waals surface area contributed by atoms with Crippen LogP contribution in [0.4, 0.5) is 21.0 Å². The van der Waals surface area contributed by atoms with Gasteiger partial charge in [0.05, 0.1) is 6.54 Å². The molecule has 2 rings (SSSR count). The van der Waals surface area contributed by atoms with Gasteiger partial charge in [-0.2, -0.15) is 0 Å². The minimum absolute atomic E-state index is 0.142. The second kappa shape index (κ2) is 13.4. The Kier molecular flexibility index (Phi) is 11.2. The molecule has 0 aliphatic carbocycles. The van der Waals surface area contributed by atoms with Gasteiger partial charge in [-0.05, 0) is 83.4 Å². The average Bonchev–Trinajstić information content (AvgIpc) is 2.75. The summed E-state index contributed by atoms with van der Waals surface area (Å²) in [6.07, 6.45) is 0.283. The number of likely N-dealkylation sites (N-methyl/N-ethyl adjacent to an activating group) is 1. The molecule has 0 aromatic heterocycles. The number of benzene rings is 2. The molecule has 0 radical (unpaired) electrons. The van der Waals surface area contributed by atoms with Gasteiger partial charge in [0, 0.05) is 25.0 Å². The van der Waals surface area contributed by atoms with Crippen molar-refractivity contribution in [2.24, 2.45) is 0 Å². The first-order valence-corrected chi connectivity index (χ1v) is 11.7. The summed E-state index contributed by atoms with van der Waals surface area (Å²) in [5.41, 5.74) is 13.4. The first-order chi connectivity index (χ1) is 16.6. The Morgan fingerprint density at radius 1 is 0.833 bits per heavy atom. The van der Waals surface area contributed by atoms with Crippen molar-refractivity contribution in [3.8, 4) is 0 Å². The number of carbonyl (C=O) groups is 3. The van der Waals surface area contributed by atoms with Crippen LogP contribution < -0.4 is 11.5 Å². The highest BCUT2D eigenvalue weighted by molar-refractivity contribution is 5.80. The van der Waals surface area contributed by atoms with E-state index < -0.39 is 17.3 Å². The molecule has 0 unspecified atom stereocenters. The van der Waals surface area contributed by atoms with Gasteiger partial charge < -0.3 is 25.8 Å². The molecule has 9 nitrogen and oxygen atoms in total. The Hall–Kier alpha value is -3.75. The van der Waals surface area contributed by atoms with Crippen LogP contribution in [0.3, 0.4) is 0 Å². The first-order valence-electron chi connectivity index (χ1n) is 11.7. The van der Waals surface area contributed by atoms with E-state index in [1.54, 1.807) is 57.0 Å². The number of carbonyl (C=O) groups excluding carboxylic acids is 3. The zero-order valence-corrected chi connectivity index (χ0v) is 22.4. The SMILES string of the molecule is CC(C)(C)OC(=O)N(C=O)Cc1cccc(N)c1.CN(CCc1ccc(N)cc1)C(=O)OC(C)(C)C. The van der Waals surface area contributed by atoms with Crippen molar-refractivity contribution in [1.29, 1.82) is 0 Å². The van der Waals surface area contributed by atoms with E-state index in [9.17, 15) is 14.4 Å². The molecule has 0 saturated heterocycles. The largest absolute Gasteiger partial charge is 0.444 e. The van der Waals surface area contributed by atoms with E-state index in [1.807, 2.05) is 45.0 Å². The first kappa shape index (κ1) is 30.3. The summed E-state index contributed by atoms with van der Waals surface area (Å²) in [6, 6.07) is 14.7. The quantitative estimate of drug-likeness (QED) is 0.429. The summed E-state index contributed by atoms with van der Waals surface area (Å²) in [4.78, 5) is 36.9. The van der Waals surface area contributed by atoms with Gasteiger partial charge in [-0.25, -0.2) is 14.5 Å². The zero-order valence-electron chi connectivity index (χ0n) is 22.4. The van der Waals surface area contributed by atoms with Crippen LogP contribution in [0.25, 0.3) is 0 Å². The Morgan fingerprint density at radius 2 is 1.39 bits per heavy atom. The van der Waals surface area contributed by atoms with Gasteiger partial charge in [0.1, 0.15) is 11.2 Å². The number of anilines is 2. The van der Waals surface area contributed by atoms with E-state index >= 15 is 0 Å². The summed E-state index contributed by atoms with van der Waals surface area (Å²) in [7, 11) is 1.74. The van der Waals surface area contributed by atoms with Gasteiger partial charge >= 0.3 is 12.2 Å². The second-order valence-corrected chi connectivity index (χ2v) is 10.4. The van der Waals surface area contributed by atoms with E-state index in [-0.39, 0.29) is 12.6 Å². The third-order valence-electron chi connectivity index (χ3n) is 4.48. The molecular formula is C27H40N4O5. The lowest BCUT2D eigenvalue weighted by atomic mass is 10.1. The topological polar surface area (TPSA) is 128 Å². The average molecular weight is 501 g/mol. The van der Waals surface area contributed by atoms with Gasteiger partial charge in [0.15, 0.2) is 0 Å². The number of nitrogen functional groups attached to an aromatic ring is 2. The fourth-order valence-electron chi connectivity index (χ4n) is 2.77. The predicted molar refractivity (Wildman–Crippen MR) is 142 cm³/mol. The molecule has 2 aromatic rings. The van der Waals surface area contributed by atoms with Crippen LogP contribution in [0.15, 0.2) is 48.5 Å². The molecule has 0 spiro atoms. The predicted octanol–water partition coefficient (Wildman–Crippen LogP) is 4.84. The summed E-state index contributed by atoms with van der Waals surface area (Å²) in [5, 5.41) is 0. The van der Waals surface area contributed by atoms with Crippen LogP contribution in [0.5, 0.6) is 0 Å². The molecule has 0 fully saturated rings. The second-order valence-electron chi connectivity index (χ2n) is 10.4. The maximum Gasteiger partial charge on any atom is 0.417 e. The van der Waals surface area contributed by atoms with Crippen LogP contribution >= 0.6 is 0 Å². The number of ether oxygens (including phenoxy) is 2. The Balaban J connectivity index is 0.000000360. The molecule has 36 heavy (non-hydrogen) atoms. The summed E-state index contributed by atoms with van der Waals surface area (Å²) < 4.78 is 10.4. The lowest BCUT2D eigenvalue weighted by Gasteiger charge is -2.24. The van der Waals surface area contributed by atoms with Crippen LogP contribution in [-0.2, 0) is 27.2 Å². The van der Waals surface area contributed by atoms with Gasteiger partial charge in [0.2, 0.25) is 6.41 Å². The summed E-state index contributed by atoms with van der Waals surface area (Å²) in [6.45, 7) is 11.6. The van der Waals surface area contributed by atoms with Crippen molar-refractivity contribution >= 4 is 30.0 Å². The Morgan fingerprint density at radius 3 is 1.89 bits per heavy atom. The molecule has 4 N–H and O–H groups in total. The minimum atomic E-state index is -0.667. The van der Waals surface area contributed by atoms with E-state index in [2.05, 4.69) is 0 Å². The number of rotatable bonds is 6. The van der Waals surface area contributed by atoms with E-state index in [0.717, 1.165) is 28.1 Å². The lowest BCUT2D eigenvalue weighted by molar-refractivity contribution is -0.118. The highest BCUT2D eigenvalue weighted by Gasteiger charge is 2.22. The molecule has 0 atom stereocenters. The molecule has 3 amide bonds. The maximum atomic E-state index is 11.7. The summed E-state index contributed by atoms with van der Waals surface area (Å²) >= 11 is 0. The van der Waals surface area contributed by atoms with Crippen molar-refractivity contribution in [3.05, 3.63) is 59.7 Å². The Labute approximate surface area is 214 Å². The van der Waals surface area contributed by atoms with Crippen molar-refractivity contribution in [3.63, 3.8) is 0 Å². The normalized spacial score (nSPS) is 11.0. The lowest BCUT2D eigenvalue weighted by Crippen LogP contribution is -2.35. The van der Waals surface area contributed by atoms with Crippen molar-refractivity contribution in [1.82, 2.24) is 9.80 Å². The number of imide groups is 1. The molecule has 198 valence electrons. The van der Waals surface area contributed by atoms with E-state index in [0.29, 0.717) is 18.6 Å². The molecule has 0 saturated carbocycles. The molecule has 0 bridgehead atoms. The molecule has 0 heterocycles. The van der Waals surface area contributed by atoms with Gasteiger partial charge in [-0.1, -0.05) is 24.3 Å². The highest BCUT2D eigenvalue weighted by atomic mass is 16.6. The van der Waals surface area contributed by atoms with Gasteiger partial charge in [-0.3, -0.25) is 4.79 Å². The molecule has 9 heteroatoms. The molecular weight excluding hydrogens is 460 g/mol. The molecule has 0 aliphatic rings. The molecule has 2 aromatic carbocycles. The van der Waals surface area contributed by atoms with Crippen LogP contribution in [-0.4, -0.2) is 53.2 Å². The summed E-state index contributed by atoms with van der Waals surface area (Å²) in [5.74, 6) is 0. The van der Waals surface area contributed by atoms with Crippen LogP contribution in [0, 0.1) is 0 Å². The molecule has 0 aliphatic heterocycles. The number of nitrogens with zero attached hydrogens (tertiary/aromatic N) is 2. The monoisotopic (exact) mass is 500 g/mol. The minimum Gasteiger partial charge on any atom is -0.444 e. The van der Waals surface area contributed by atoms with Crippen LogP contribution in [0.1, 0.15) is 52.7 Å². The third kappa shape index (κ3) is 12.6. The smallest absolute Gasteiger partial charge is 0.417 e. The maximum absolute atomic E-state index is 11.7. The van der Waals surface area contributed by atoms with Crippen LogP contribution in [0.2, 0.25) is 0 Å². The Bertz CT molecular complexity index is 994. The van der Waals surface area contributed by atoms with E-state index in [1.165, 1.54) is 0 Å². The van der Waals surface area contributed by atoms with Crippen molar-refractivity contribution in [2.75, 3.05) is 25.1 Å². The number of nitrogens with two attached hydrogens (primary N) is 2. The number of hydrogen-bond donors (Lipinski definition) is 2. The number of amides is 3. The van der Waals surface area contributed by atoms with Crippen molar-refractivity contribution in [2.45, 2.75) is 65.7 Å². The fraction of sp³-hybridized carbons (Fsp3) is 0.444. The number of hydrogen-bond acceptors (Lipinski definition) is 7.